The van der Waals surface area contributed by atoms with Gasteiger partial charge >= 0.3 is 20.7 Å². The van der Waals surface area contributed by atoms with Gasteiger partial charge in [0, 0.05) is 44.4 Å². The lowest BCUT2D eigenvalue weighted by atomic mass is 10.3. The number of nitrogens with one attached hydrogen (secondary N) is 1. The van der Waals surface area contributed by atoms with E-state index < -0.39 is 20.7 Å². The van der Waals surface area contributed by atoms with E-state index in [1.165, 1.54) is 6.92 Å². The molecule has 1 N–H and O–H groups in total. The third kappa shape index (κ3) is 13.2. The molecule has 0 aromatic heterocycles. The van der Waals surface area contributed by atoms with Crippen molar-refractivity contribution in [3.05, 3.63) is 12.2 Å². The number of amides is 1. The number of rotatable bonds is 17. The second-order valence-corrected chi connectivity index (χ2v) is 8.80. The zero-order valence-electron chi connectivity index (χ0n) is 18.0. The summed E-state index contributed by atoms with van der Waals surface area (Å²) in [5, 5.41) is 2.76. The molecule has 9 nitrogen and oxygen atoms in total. The average molecular weight is 434 g/mol. The summed E-state index contributed by atoms with van der Waals surface area (Å²) in [6, 6.07) is 0.605. The Labute approximate surface area is 174 Å². The smallest absolute Gasteiger partial charge is 0.462 e. The molecule has 0 saturated carbocycles. The first-order valence-electron chi connectivity index (χ1n) is 9.97. The van der Waals surface area contributed by atoms with Crippen molar-refractivity contribution in [2.45, 2.75) is 53.0 Å². The minimum Gasteiger partial charge on any atom is -0.462 e. The molecule has 0 radical (unpaired) electrons. The predicted octanol–water partition coefficient (Wildman–Crippen LogP) is 1.98. The number of esters is 2. The van der Waals surface area contributed by atoms with Gasteiger partial charge in [-0.3, -0.25) is 9.59 Å². The molecule has 10 heteroatoms. The van der Waals surface area contributed by atoms with Crippen LogP contribution in [0.3, 0.4) is 0 Å². The highest BCUT2D eigenvalue weighted by molar-refractivity contribution is 6.60. The van der Waals surface area contributed by atoms with Gasteiger partial charge in [0.15, 0.2) is 0 Å². The van der Waals surface area contributed by atoms with Crippen molar-refractivity contribution < 1.29 is 37.1 Å². The summed E-state index contributed by atoms with van der Waals surface area (Å²) in [5.41, 5.74) is 0.275. The van der Waals surface area contributed by atoms with Crippen molar-refractivity contribution in [3.63, 3.8) is 0 Å². The molecular formula is C19H35NO8Si. The molecule has 0 aromatic rings. The maximum absolute atomic E-state index is 11.9. The third-order valence-corrected chi connectivity index (χ3v) is 6.71. The van der Waals surface area contributed by atoms with Gasteiger partial charge in [-0.05, 0) is 34.1 Å². The molecule has 0 aliphatic rings. The first kappa shape index (κ1) is 27.2. The highest BCUT2D eigenvalue weighted by Gasteiger charge is 2.39. The van der Waals surface area contributed by atoms with E-state index in [1.807, 2.05) is 20.8 Å². The maximum atomic E-state index is 11.9. The highest BCUT2D eigenvalue weighted by atomic mass is 28.4. The van der Waals surface area contributed by atoms with E-state index in [0.29, 0.717) is 38.8 Å². The first-order valence-corrected chi connectivity index (χ1v) is 11.9. The van der Waals surface area contributed by atoms with E-state index in [-0.39, 0.29) is 37.5 Å². The molecule has 29 heavy (non-hydrogen) atoms. The second-order valence-electron chi connectivity index (χ2n) is 6.07. The van der Waals surface area contributed by atoms with Crippen LogP contribution in [0.4, 0.5) is 0 Å². The van der Waals surface area contributed by atoms with E-state index in [9.17, 15) is 14.4 Å². The number of carbonyl (C=O) groups excluding carboxylic acids is 3. The Balaban J connectivity index is 4.01. The molecule has 0 heterocycles. The quantitative estimate of drug-likeness (QED) is 0.160. The van der Waals surface area contributed by atoms with Crippen LogP contribution in [0.1, 0.15) is 47.0 Å². The molecule has 0 aromatic carbocycles. The Morgan fingerprint density at radius 1 is 0.897 bits per heavy atom. The zero-order chi connectivity index (χ0) is 22.1. The van der Waals surface area contributed by atoms with Crippen molar-refractivity contribution >= 4 is 26.7 Å². The van der Waals surface area contributed by atoms with Crippen molar-refractivity contribution in [1.29, 1.82) is 0 Å². The van der Waals surface area contributed by atoms with Crippen molar-refractivity contribution in [2.24, 2.45) is 0 Å². The Morgan fingerprint density at radius 3 is 1.97 bits per heavy atom. The molecular weight excluding hydrogens is 398 g/mol. The van der Waals surface area contributed by atoms with Crippen LogP contribution in [-0.2, 0) is 37.1 Å². The molecule has 0 bridgehead atoms. The van der Waals surface area contributed by atoms with Crippen LogP contribution in [0, 0.1) is 0 Å². The number of hydrogen-bond acceptors (Lipinski definition) is 8. The van der Waals surface area contributed by atoms with Crippen LogP contribution in [0.15, 0.2) is 12.2 Å². The number of ether oxygens (including phenoxy) is 2. The fourth-order valence-corrected chi connectivity index (χ4v) is 4.94. The van der Waals surface area contributed by atoms with Gasteiger partial charge in [0.2, 0.25) is 5.91 Å². The molecule has 0 atom stereocenters. The third-order valence-electron chi connectivity index (χ3n) is 3.56. The lowest BCUT2D eigenvalue weighted by Gasteiger charge is -2.28. The normalized spacial score (nSPS) is 11.0. The Kier molecular flexibility index (Phi) is 15.1. The van der Waals surface area contributed by atoms with Gasteiger partial charge in [-0.2, -0.15) is 0 Å². The average Bonchev–Trinajstić information content (AvgIpc) is 2.67. The molecule has 0 rings (SSSR count). The summed E-state index contributed by atoms with van der Waals surface area (Å²) in [4.78, 5) is 34.6. The lowest BCUT2D eigenvalue weighted by Crippen LogP contribution is -2.46. The topological polar surface area (TPSA) is 109 Å². The Bertz CT molecular complexity index is 509. The van der Waals surface area contributed by atoms with Gasteiger partial charge in [-0.25, -0.2) is 4.79 Å². The summed E-state index contributed by atoms with van der Waals surface area (Å²) < 4.78 is 27.0. The molecule has 0 aliphatic heterocycles. The van der Waals surface area contributed by atoms with Crippen molar-refractivity contribution in [2.75, 3.05) is 39.6 Å². The Hall–Kier alpha value is -1.75. The van der Waals surface area contributed by atoms with E-state index in [2.05, 4.69) is 11.9 Å². The van der Waals surface area contributed by atoms with Crippen LogP contribution in [0.2, 0.25) is 6.04 Å². The molecule has 0 fully saturated rings. The van der Waals surface area contributed by atoms with Crippen LogP contribution in [0.25, 0.3) is 0 Å². The second kappa shape index (κ2) is 16.1. The van der Waals surface area contributed by atoms with Gasteiger partial charge in [-0.15, -0.1) is 0 Å². The van der Waals surface area contributed by atoms with Gasteiger partial charge < -0.3 is 28.1 Å². The van der Waals surface area contributed by atoms with Crippen LogP contribution >= 0.6 is 0 Å². The molecule has 0 aliphatic carbocycles. The van der Waals surface area contributed by atoms with Crippen molar-refractivity contribution in [3.8, 4) is 0 Å². The predicted molar refractivity (Wildman–Crippen MR) is 109 cm³/mol. The van der Waals surface area contributed by atoms with Crippen LogP contribution in [0.5, 0.6) is 0 Å². The SMILES string of the molecule is C=C(C)C(=O)OCCOC(=O)CCC(=O)NCCC[Si](OCC)(OCC)OCC. The Morgan fingerprint density at radius 2 is 1.45 bits per heavy atom. The first-order chi connectivity index (χ1) is 13.8. The molecule has 0 saturated heterocycles. The zero-order valence-corrected chi connectivity index (χ0v) is 19.0. The summed E-state index contributed by atoms with van der Waals surface area (Å²) in [6.07, 6.45) is 0.627. The molecule has 0 spiro atoms. The van der Waals surface area contributed by atoms with E-state index in [4.69, 9.17) is 22.8 Å². The molecule has 1 amide bonds. The number of carbonyl (C=O) groups is 3. The summed E-state index contributed by atoms with van der Waals surface area (Å²) in [7, 11) is -2.70. The summed E-state index contributed by atoms with van der Waals surface area (Å²) in [5.74, 6) is -1.31. The highest BCUT2D eigenvalue weighted by Crippen LogP contribution is 2.17. The van der Waals surface area contributed by atoms with E-state index in [1.54, 1.807) is 0 Å². The fraction of sp³-hybridized carbons (Fsp3) is 0.737. The number of hydrogen-bond donors (Lipinski definition) is 1. The summed E-state index contributed by atoms with van der Waals surface area (Å²) >= 11 is 0. The van der Waals surface area contributed by atoms with E-state index >= 15 is 0 Å². The largest absolute Gasteiger partial charge is 0.500 e. The standard InChI is InChI=1S/C19H35NO8Si/c1-6-26-29(27-7-2,28-8-3)15-9-12-20-17(21)10-11-18(22)24-13-14-25-19(23)16(4)5/h4,6-15H2,1-3,5H3,(H,20,21). The minimum atomic E-state index is -2.70. The van der Waals surface area contributed by atoms with Gasteiger partial charge in [0.25, 0.3) is 0 Å². The monoisotopic (exact) mass is 433 g/mol. The van der Waals surface area contributed by atoms with Crippen molar-refractivity contribution in [1.82, 2.24) is 5.32 Å². The molecule has 168 valence electrons. The van der Waals surface area contributed by atoms with Crippen LogP contribution in [-0.4, -0.2) is 66.2 Å². The van der Waals surface area contributed by atoms with E-state index in [0.717, 1.165) is 0 Å². The fourth-order valence-electron chi connectivity index (χ4n) is 2.32. The minimum absolute atomic E-state index is 0.0232. The van der Waals surface area contributed by atoms with Crippen LogP contribution < -0.4 is 5.32 Å². The lowest BCUT2D eigenvalue weighted by molar-refractivity contribution is -0.150. The summed E-state index contributed by atoms with van der Waals surface area (Å²) in [6.45, 7) is 12.5. The van der Waals surface area contributed by atoms with Gasteiger partial charge in [0.1, 0.15) is 13.2 Å². The van der Waals surface area contributed by atoms with Gasteiger partial charge in [-0.1, -0.05) is 6.58 Å². The maximum Gasteiger partial charge on any atom is 0.500 e. The van der Waals surface area contributed by atoms with Gasteiger partial charge in [0.05, 0.1) is 6.42 Å². The molecule has 0 unspecified atom stereocenters.